The lowest BCUT2D eigenvalue weighted by Gasteiger charge is -2.03. The van der Waals surface area contributed by atoms with E-state index < -0.39 is 5.97 Å². The summed E-state index contributed by atoms with van der Waals surface area (Å²) < 4.78 is 1.93. The Kier molecular flexibility index (Phi) is 3.42. The van der Waals surface area contributed by atoms with E-state index in [0.717, 1.165) is 20.3 Å². The molecule has 6 heteroatoms. The number of aryl methyl sites for hydroxylation is 1. The highest BCUT2D eigenvalue weighted by molar-refractivity contribution is 8.01. The number of nitrogens with zero attached hydrogens (tertiary/aromatic N) is 2. The van der Waals surface area contributed by atoms with Gasteiger partial charge in [-0.25, -0.2) is 9.78 Å². The maximum atomic E-state index is 11.2. The quantitative estimate of drug-likeness (QED) is 0.796. The van der Waals surface area contributed by atoms with Gasteiger partial charge in [-0.05, 0) is 25.1 Å². The van der Waals surface area contributed by atoms with Crippen LogP contribution in [0.15, 0.2) is 45.8 Å². The van der Waals surface area contributed by atoms with Gasteiger partial charge < -0.3 is 5.11 Å². The van der Waals surface area contributed by atoms with Gasteiger partial charge in [0.25, 0.3) is 0 Å². The molecule has 20 heavy (non-hydrogen) atoms. The lowest BCUT2D eigenvalue weighted by Crippen LogP contribution is -2.00. The lowest BCUT2D eigenvalue weighted by atomic mass is 10.2. The zero-order valence-electron chi connectivity index (χ0n) is 10.5. The molecule has 2 heterocycles. The Labute approximate surface area is 123 Å². The van der Waals surface area contributed by atoms with Crippen molar-refractivity contribution >= 4 is 39.3 Å². The molecule has 3 rings (SSSR count). The molecule has 1 aromatic carbocycles. The maximum Gasteiger partial charge on any atom is 0.338 e. The first-order valence-electron chi connectivity index (χ1n) is 5.87. The molecule has 0 saturated carbocycles. The van der Waals surface area contributed by atoms with Crippen LogP contribution in [0.1, 0.15) is 16.1 Å². The minimum atomic E-state index is -0.971. The summed E-state index contributed by atoms with van der Waals surface area (Å²) in [5.41, 5.74) is 1.93. The van der Waals surface area contributed by atoms with Gasteiger partial charge in [0, 0.05) is 16.8 Å². The van der Waals surface area contributed by atoms with Crippen molar-refractivity contribution < 1.29 is 9.90 Å². The monoisotopic (exact) mass is 302 g/mol. The molecule has 0 aliphatic carbocycles. The van der Waals surface area contributed by atoms with Crippen LogP contribution in [-0.4, -0.2) is 21.0 Å². The highest BCUT2D eigenvalue weighted by Gasteiger charge is 2.14. The van der Waals surface area contributed by atoms with Crippen LogP contribution in [0.25, 0.3) is 10.2 Å². The van der Waals surface area contributed by atoms with Crippen molar-refractivity contribution in [3.8, 4) is 0 Å². The third-order valence-corrected chi connectivity index (χ3v) is 4.86. The standard InChI is InChI=1S/C14H10N2O2S2/c1-8-6-12(9(7-15-8)13(17)18)20-14-16-10-4-2-3-5-11(10)19-14/h2-7H,1H3,(H,17,18). The number of carboxylic acid groups (broad SMARTS) is 1. The van der Waals surface area contributed by atoms with Gasteiger partial charge in [0.1, 0.15) is 0 Å². The molecule has 0 atom stereocenters. The summed E-state index contributed by atoms with van der Waals surface area (Å²) in [4.78, 5) is 20.4. The van der Waals surface area contributed by atoms with Gasteiger partial charge in [0.15, 0.2) is 4.34 Å². The van der Waals surface area contributed by atoms with Crippen molar-refractivity contribution in [1.82, 2.24) is 9.97 Å². The first-order chi connectivity index (χ1) is 9.63. The molecular weight excluding hydrogens is 292 g/mol. The second-order valence-electron chi connectivity index (χ2n) is 4.18. The predicted octanol–water partition coefficient (Wildman–Crippen LogP) is 3.85. The van der Waals surface area contributed by atoms with Crippen LogP contribution in [0.3, 0.4) is 0 Å². The number of rotatable bonds is 3. The van der Waals surface area contributed by atoms with Crippen molar-refractivity contribution in [1.29, 1.82) is 0 Å². The Morgan fingerprint density at radius 1 is 1.35 bits per heavy atom. The van der Waals surface area contributed by atoms with E-state index in [4.69, 9.17) is 0 Å². The van der Waals surface area contributed by atoms with E-state index in [-0.39, 0.29) is 5.56 Å². The average molecular weight is 302 g/mol. The lowest BCUT2D eigenvalue weighted by molar-refractivity contribution is 0.0692. The average Bonchev–Trinajstić information content (AvgIpc) is 2.80. The fourth-order valence-electron chi connectivity index (χ4n) is 1.77. The molecule has 3 aromatic rings. The van der Waals surface area contributed by atoms with Crippen LogP contribution in [0.5, 0.6) is 0 Å². The number of fused-ring (bicyclic) bond motifs is 1. The maximum absolute atomic E-state index is 11.2. The molecule has 0 saturated heterocycles. The number of benzene rings is 1. The molecule has 2 aromatic heterocycles. The van der Waals surface area contributed by atoms with Gasteiger partial charge in [-0.2, -0.15) is 0 Å². The molecule has 0 unspecified atom stereocenters. The highest BCUT2D eigenvalue weighted by Crippen LogP contribution is 2.35. The van der Waals surface area contributed by atoms with Gasteiger partial charge >= 0.3 is 5.97 Å². The molecule has 0 aliphatic heterocycles. The van der Waals surface area contributed by atoms with Crippen LogP contribution >= 0.6 is 23.1 Å². The van der Waals surface area contributed by atoms with Crippen LogP contribution in [0, 0.1) is 6.92 Å². The van der Waals surface area contributed by atoms with Crippen LogP contribution < -0.4 is 0 Å². The topological polar surface area (TPSA) is 63.1 Å². The van der Waals surface area contributed by atoms with Gasteiger partial charge in [-0.1, -0.05) is 23.9 Å². The number of hydrogen-bond acceptors (Lipinski definition) is 5. The van der Waals surface area contributed by atoms with E-state index in [2.05, 4.69) is 9.97 Å². The number of thiazole rings is 1. The van der Waals surface area contributed by atoms with Gasteiger partial charge in [0.2, 0.25) is 0 Å². The number of aromatic nitrogens is 2. The van der Waals surface area contributed by atoms with Gasteiger partial charge in [-0.3, -0.25) is 4.98 Å². The summed E-state index contributed by atoms with van der Waals surface area (Å²) in [6, 6.07) is 9.64. The van der Waals surface area contributed by atoms with E-state index in [1.165, 1.54) is 18.0 Å². The zero-order valence-corrected chi connectivity index (χ0v) is 12.2. The van der Waals surface area contributed by atoms with Crippen molar-refractivity contribution in [2.45, 2.75) is 16.2 Å². The fourth-order valence-corrected chi connectivity index (χ4v) is 3.98. The van der Waals surface area contributed by atoms with Crippen molar-refractivity contribution in [2.24, 2.45) is 0 Å². The van der Waals surface area contributed by atoms with E-state index in [9.17, 15) is 9.90 Å². The summed E-state index contributed by atoms with van der Waals surface area (Å²) >= 11 is 2.93. The zero-order chi connectivity index (χ0) is 14.1. The fraction of sp³-hybridized carbons (Fsp3) is 0.0714. The Balaban J connectivity index is 2.01. The van der Waals surface area contributed by atoms with Crippen molar-refractivity contribution in [3.05, 3.63) is 47.8 Å². The first-order valence-corrected chi connectivity index (χ1v) is 7.50. The Morgan fingerprint density at radius 2 is 2.15 bits per heavy atom. The SMILES string of the molecule is Cc1cc(Sc2nc3ccccc3s2)c(C(=O)O)cn1. The van der Waals surface area contributed by atoms with Crippen LogP contribution in [0.4, 0.5) is 0 Å². The summed E-state index contributed by atoms with van der Waals surface area (Å²) in [6.45, 7) is 1.84. The van der Waals surface area contributed by atoms with E-state index in [1.54, 1.807) is 17.4 Å². The van der Waals surface area contributed by atoms with Gasteiger partial charge in [0.05, 0.1) is 15.8 Å². The molecule has 0 spiro atoms. The third-order valence-electron chi connectivity index (χ3n) is 2.70. The number of carbonyl (C=O) groups is 1. The van der Waals surface area contributed by atoms with Crippen molar-refractivity contribution in [3.63, 3.8) is 0 Å². The smallest absolute Gasteiger partial charge is 0.338 e. The number of pyridine rings is 1. The second-order valence-corrected chi connectivity index (χ2v) is 6.50. The molecule has 0 aliphatic rings. The minimum Gasteiger partial charge on any atom is -0.478 e. The van der Waals surface area contributed by atoms with Crippen molar-refractivity contribution in [2.75, 3.05) is 0 Å². The largest absolute Gasteiger partial charge is 0.478 e. The molecule has 1 N–H and O–H groups in total. The molecule has 0 radical (unpaired) electrons. The Morgan fingerprint density at radius 3 is 2.90 bits per heavy atom. The number of carboxylic acids is 1. The third kappa shape index (κ3) is 2.52. The summed E-state index contributed by atoms with van der Waals surface area (Å²) in [7, 11) is 0. The highest BCUT2D eigenvalue weighted by atomic mass is 32.2. The number of hydrogen-bond donors (Lipinski definition) is 1. The minimum absolute atomic E-state index is 0.208. The second kappa shape index (κ2) is 5.22. The Bertz CT molecular complexity index is 766. The summed E-state index contributed by atoms with van der Waals surface area (Å²) in [6.07, 6.45) is 1.40. The molecule has 0 bridgehead atoms. The summed E-state index contributed by atoms with van der Waals surface area (Å²) in [5.74, 6) is -0.971. The summed E-state index contributed by atoms with van der Waals surface area (Å²) in [5, 5.41) is 9.20. The number of para-hydroxylation sites is 1. The van der Waals surface area contributed by atoms with Gasteiger partial charge in [-0.15, -0.1) is 11.3 Å². The van der Waals surface area contributed by atoms with E-state index >= 15 is 0 Å². The molecule has 100 valence electrons. The normalized spacial score (nSPS) is 10.8. The van der Waals surface area contributed by atoms with Crippen LogP contribution in [-0.2, 0) is 0 Å². The Hall–Kier alpha value is -1.92. The first kappa shape index (κ1) is 13.1. The van der Waals surface area contributed by atoms with Crippen LogP contribution in [0.2, 0.25) is 0 Å². The number of aromatic carboxylic acids is 1. The molecule has 0 amide bonds. The molecule has 0 fully saturated rings. The van der Waals surface area contributed by atoms with E-state index in [0.29, 0.717) is 4.90 Å². The molecular formula is C14H10N2O2S2. The van der Waals surface area contributed by atoms with E-state index in [1.807, 2.05) is 31.2 Å². The predicted molar refractivity (Wildman–Crippen MR) is 79.7 cm³/mol. The molecule has 4 nitrogen and oxygen atoms in total.